The van der Waals surface area contributed by atoms with Crippen LogP contribution in [0.1, 0.15) is 29.6 Å². The highest BCUT2D eigenvalue weighted by Gasteiger charge is 2.22. The van der Waals surface area contributed by atoms with Gasteiger partial charge in [0.25, 0.3) is 5.56 Å². The predicted octanol–water partition coefficient (Wildman–Crippen LogP) is 0.563. The fraction of sp³-hybridized carbons (Fsp3) is 0.412. The van der Waals surface area contributed by atoms with Gasteiger partial charge in [-0.2, -0.15) is 0 Å². The molecule has 1 aromatic heterocycles. The smallest absolute Gasteiger partial charge is 0.276 e. The molecule has 0 spiro atoms. The maximum absolute atomic E-state index is 12.9. The molecule has 1 aliphatic rings. The molecule has 2 aromatic rings. The number of nitrogens with zero attached hydrogens (tertiary/aromatic N) is 3. The summed E-state index contributed by atoms with van der Waals surface area (Å²) in [4.78, 5) is 17.7. The summed E-state index contributed by atoms with van der Waals surface area (Å²) < 4.78 is 1.69. The molecular weight excluding hydrogens is 322 g/mol. The van der Waals surface area contributed by atoms with E-state index in [-0.39, 0.29) is 11.4 Å². The lowest BCUT2D eigenvalue weighted by Gasteiger charge is -2.25. The number of rotatable bonds is 4. The molecule has 0 aliphatic carbocycles. The second kappa shape index (κ2) is 6.99. The molecule has 0 fully saturated rings. The van der Waals surface area contributed by atoms with Gasteiger partial charge in [-0.05, 0) is 17.9 Å². The van der Waals surface area contributed by atoms with Crippen molar-refractivity contribution < 1.29 is 0 Å². The highest BCUT2D eigenvalue weighted by atomic mass is 35.5. The lowest BCUT2D eigenvalue weighted by molar-refractivity contribution is 0.596. The SMILES string of the molecule is C[C@H](Bc1nc2c(c(=O)n1N(C)C)CNCC2)c1ccc(Cl)cc1. The molecule has 5 nitrogen and oxygen atoms in total. The Balaban J connectivity index is 1.98. The van der Waals surface area contributed by atoms with E-state index in [2.05, 4.69) is 12.2 Å². The number of hydrogen-bond acceptors (Lipinski definition) is 4. The van der Waals surface area contributed by atoms with Crippen LogP contribution in [-0.4, -0.2) is 37.6 Å². The fourth-order valence-electron chi connectivity index (χ4n) is 3.17. The first kappa shape index (κ1) is 17.1. The first-order chi connectivity index (χ1) is 11.5. The van der Waals surface area contributed by atoms with Gasteiger partial charge >= 0.3 is 0 Å². The van der Waals surface area contributed by atoms with E-state index in [9.17, 15) is 4.79 Å². The van der Waals surface area contributed by atoms with Crippen molar-refractivity contribution in [1.29, 1.82) is 0 Å². The summed E-state index contributed by atoms with van der Waals surface area (Å²) in [6.07, 6.45) is 0.807. The fourth-order valence-corrected chi connectivity index (χ4v) is 3.30. The number of nitrogens with one attached hydrogen (secondary N) is 1. The van der Waals surface area contributed by atoms with Gasteiger partial charge in [-0.3, -0.25) is 4.79 Å². The zero-order valence-corrected chi connectivity index (χ0v) is 15.1. The Morgan fingerprint density at radius 3 is 2.71 bits per heavy atom. The number of fused-ring (bicyclic) bond motifs is 1. The van der Waals surface area contributed by atoms with Crippen molar-refractivity contribution in [2.75, 3.05) is 25.6 Å². The predicted molar refractivity (Wildman–Crippen MR) is 101 cm³/mol. The van der Waals surface area contributed by atoms with E-state index in [0.717, 1.165) is 35.0 Å². The van der Waals surface area contributed by atoms with E-state index in [1.807, 2.05) is 43.4 Å². The third-order valence-corrected chi connectivity index (χ3v) is 4.73. The van der Waals surface area contributed by atoms with Crippen molar-refractivity contribution in [3.63, 3.8) is 0 Å². The van der Waals surface area contributed by atoms with Crippen molar-refractivity contribution >= 4 is 24.6 Å². The molecule has 0 amide bonds. The second-order valence-electron chi connectivity index (χ2n) is 6.50. The van der Waals surface area contributed by atoms with Gasteiger partial charge < -0.3 is 10.3 Å². The largest absolute Gasteiger partial charge is 0.315 e. The van der Waals surface area contributed by atoms with Crippen molar-refractivity contribution in [3.05, 3.63) is 56.5 Å². The molecule has 1 aliphatic heterocycles. The summed E-state index contributed by atoms with van der Waals surface area (Å²) in [5.41, 5.74) is 3.77. The molecule has 0 bridgehead atoms. The quantitative estimate of drug-likeness (QED) is 0.824. The summed E-state index contributed by atoms with van der Waals surface area (Å²) in [6, 6.07) is 7.87. The summed E-state index contributed by atoms with van der Waals surface area (Å²) in [5, 5.41) is 5.80. The van der Waals surface area contributed by atoms with Crippen molar-refractivity contribution in [2.45, 2.75) is 25.7 Å². The minimum atomic E-state index is 0.0375. The van der Waals surface area contributed by atoms with Gasteiger partial charge in [0.15, 0.2) is 0 Å². The first-order valence-electron chi connectivity index (χ1n) is 8.25. The molecule has 7 heteroatoms. The molecule has 0 saturated carbocycles. The van der Waals surface area contributed by atoms with Crippen LogP contribution in [0.2, 0.25) is 5.02 Å². The minimum Gasteiger partial charge on any atom is -0.315 e. The third kappa shape index (κ3) is 3.35. The molecule has 0 saturated heterocycles. The zero-order chi connectivity index (χ0) is 17.3. The molecule has 0 unspecified atom stereocenters. The topological polar surface area (TPSA) is 50.2 Å². The van der Waals surface area contributed by atoms with E-state index in [4.69, 9.17) is 16.6 Å². The Hall–Kier alpha value is -1.79. The molecular formula is C17H22BClN4O. The molecule has 1 N–H and O–H groups in total. The van der Waals surface area contributed by atoms with Gasteiger partial charge in [0.05, 0.1) is 17.0 Å². The van der Waals surface area contributed by atoms with Crippen LogP contribution in [0.4, 0.5) is 0 Å². The van der Waals surface area contributed by atoms with Gasteiger partial charge in [-0.1, -0.05) is 36.2 Å². The van der Waals surface area contributed by atoms with Crippen LogP contribution in [0.25, 0.3) is 0 Å². The molecule has 24 heavy (non-hydrogen) atoms. The van der Waals surface area contributed by atoms with E-state index in [1.54, 1.807) is 4.68 Å². The van der Waals surface area contributed by atoms with Crippen molar-refractivity contribution in [2.24, 2.45) is 0 Å². The van der Waals surface area contributed by atoms with Crippen LogP contribution in [0.15, 0.2) is 29.1 Å². The average molecular weight is 345 g/mol. The standard InChI is InChI=1S/C17H22BClN4O/c1-11(12-4-6-13(19)7-5-12)18-17-21-15-8-9-20-10-14(15)16(24)23(17)22(2)3/h4-7,11,18,20H,8-10H2,1-3H3/t11-/m0/s1. The number of halogens is 1. The normalized spacial score (nSPS) is 14.8. The Morgan fingerprint density at radius 1 is 1.33 bits per heavy atom. The Labute approximate surface area is 147 Å². The van der Waals surface area contributed by atoms with Gasteiger partial charge in [-0.15, -0.1) is 0 Å². The molecule has 1 aromatic carbocycles. The Bertz CT molecular complexity index is 788. The maximum atomic E-state index is 12.9. The summed E-state index contributed by atoms with van der Waals surface area (Å²) in [7, 11) is 4.46. The lowest BCUT2D eigenvalue weighted by Crippen LogP contribution is -2.52. The molecule has 0 radical (unpaired) electrons. The molecule has 1 atom stereocenters. The Morgan fingerprint density at radius 2 is 2.04 bits per heavy atom. The zero-order valence-electron chi connectivity index (χ0n) is 14.3. The number of aromatic nitrogens is 2. The summed E-state index contributed by atoms with van der Waals surface area (Å²) >= 11 is 5.97. The summed E-state index contributed by atoms with van der Waals surface area (Å²) in [5.74, 6) is 0.250. The minimum absolute atomic E-state index is 0.0375. The van der Waals surface area contributed by atoms with Crippen LogP contribution in [0, 0.1) is 0 Å². The van der Waals surface area contributed by atoms with E-state index >= 15 is 0 Å². The van der Waals surface area contributed by atoms with Crippen LogP contribution < -0.4 is 21.6 Å². The monoisotopic (exact) mass is 344 g/mol. The van der Waals surface area contributed by atoms with Crippen molar-refractivity contribution in [3.8, 4) is 0 Å². The van der Waals surface area contributed by atoms with Crippen LogP contribution in [-0.2, 0) is 13.0 Å². The van der Waals surface area contributed by atoms with Crippen LogP contribution >= 0.6 is 11.6 Å². The maximum Gasteiger partial charge on any atom is 0.276 e. The number of hydrogen-bond donors (Lipinski definition) is 1. The van der Waals surface area contributed by atoms with E-state index in [1.165, 1.54) is 5.56 Å². The lowest BCUT2D eigenvalue weighted by atomic mass is 9.61. The van der Waals surface area contributed by atoms with Gasteiger partial charge in [0, 0.05) is 38.6 Å². The summed E-state index contributed by atoms with van der Waals surface area (Å²) in [6.45, 7) is 3.62. The Kier molecular flexibility index (Phi) is 4.97. The van der Waals surface area contributed by atoms with Gasteiger partial charge in [0.1, 0.15) is 0 Å². The average Bonchev–Trinajstić information content (AvgIpc) is 2.55. The molecule has 126 valence electrons. The van der Waals surface area contributed by atoms with Crippen LogP contribution in [0.5, 0.6) is 0 Å². The van der Waals surface area contributed by atoms with E-state index in [0.29, 0.717) is 13.8 Å². The highest BCUT2D eigenvalue weighted by molar-refractivity contribution is 6.53. The second-order valence-corrected chi connectivity index (χ2v) is 6.94. The van der Waals surface area contributed by atoms with Crippen LogP contribution in [0.3, 0.4) is 0 Å². The van der Waals surface area contributed by atoms with Gasteiger partial charge in [0.2, 0.25) is 7.28 Å². The van der Waals surface area contributed by atoms with E-state index < -0.39 is 0 Å². The first-order valence-corrected chi connectivity index (χ1v) is 8.62. The van der Waals surface area contributed by atoms with Gasteiger partial charge in [-0.25, -0.2) is 9.66 Å². The molecule has 3 rings (SSSR count). The molecule has 2 heterocycles. The third-order valence-electron chi connectivity index (χ3n) is 4.48. The highest BCUT2D eigenvalue weighted by Crippen LogP contribution is 2.17. The van der Waals surface area contributed by atoms with Crippen molar-refractivity contribution in [1.82, 2.24) is 15.0 Å². The number of benzene rings is 1.